The van der Waals surface area contributed by atoms with Crippen molar-refractivity contribution in [1.82, 2.24) is 4.31 Å². The molecule has 120 valence electrons. The summed E-state index contributed by atoms with van der Waals surface area (Å²) in [5.74, 6) is -2.09. The average molecular weight is 393 g/mol. The molecule has 22 heavy (non-hydrogen) atoms. The van der Waals surface area contributed by atoms with Crippen LogP contribution in [0.3, 0.4) is 0 Å². The zero-order chi connectivity index (χ0) is 16.7. The van der Waals surface area contributed by atoms with E-state index in [2.05, 4.69) is 15.9 Å². The molecule has 1 aromatic rings. The van der Waals surface area contributed by atoms with Crippen LogP contribution in [0.25, 0.3) is 0 Å². The summed E-state index contributed by atoms with van der Waals surface area (Å²) >= 11 is 3.03. The zero-order valence-corrected chi connectivity index (χ0v) is 13.9. The maximum absolute atomic E-state index is 12.6. The van der Waals surface area contributed by atoms with Crippen LogP contribution in [0.4, 0.5) is 5.69 Å². The van der Waals surface area contributed by atoms with Crippen LogP contribution in [-0.4, -0.2) is 41.8 Å². The van der Waals surface area contributed by atoms with Gasteiger partial charge < -0.3 is 5.11 Å². The molecule has 1 saturated heterocycles. The maximum atomic E-state index is 12.6. The van der Waals surface area contributed by atoms with E-state index in [0.717, 1.165) is 22.5 Å². The number of nitro benzene ring substituents is 1. The standard InChI is InChI=1S/C12H13BrN2O6S/c1-7-5-14(6-9(7)12(16)17)22(20,21)11-3-2-8(15(18)19)4-10(11)13/h2-4,7,9H,5-6H2,1H3,(H,16,17)/t7-,9-/m1/s1. The minimum atomic E-state index is -3.91. The Morgan fingerprint density at radius 2 is 2.09 bits per heavy atom. The third kappa shape index (κ3) is 2.99. The highest BCUT2D eigenvalue weighted by molar-refractivity contribution is 9.10. The van der Waals surface area contributed by atoms with Crippen molar-refractivity contribution in [3.63, 3.8) is 0 Å². The van der Waals surface area contributed by atoms with Gasteiger partial charge in [0.2, 0.25) is 10.0 Å². The number of non-ortho nitro benzene ring substituents is 1. The molecule has 1 aromatic carbocycles. The molecule has 1 fully saturated rings. The molecule has 8 nitrogen and oxygen atoms in total. The van der Waals surface area contributed by atoms with Gasteiger partial charge in [0.05, 0.1) is 15.7 Å². The topological polar surface area (TPSA) is 118 Å². The Morgan fingerprint density at radius 1 is 1.45 bits per heavy atom. The SMILES string of the molecule is C[C@@H]1CN(S(=O)(=O)c2ccc([N+](=O)[O-])cc2Br)C[C@H]1C(=O)O. The molecule has 0 saturated carbocycles. The van der Waals surface area contributed by atoms with E-state index >= 15 is 0 Å². The molecular weight excluding hydrogens is 380 g/mol. The van der Waals surface area contributed by atoms with E-state index in [1.165, 1.54) is 0 Å². The summed E-state index contributed by atoms with van der Waals surface area (Å²) < 4.78 is 26.3. The lowest BCUT2D eigenvalue weighted by atomic mass is 9.99. The first-order chi connectivity index (χ1) is 10.1. The summed E-state index contributed by atoms with van der Waals surface area (Å²) in [5.41, 5.74) is -0.232. The number of aliphatic carboxylic acids is 1. The molecule has 1 N–H and O–H groups in total. The van der Waals surface area contributed by atoms with Gasteiger partial charge in [0.15, 0.2) is 0 Å². The molecule has 2 rings (SSSR count). The van der Waals surface area contributed by atoms with Crippen LogP contribution in [0, 0.1) is 22.0 Å². The molecule has 0 radical (unpaired) electrons. The van der Waals surface area contributed by atoms with Crippen LogP contribution < -0.4 is 0 Å². The number of sulfonamides is 1. The highest BCUT2D eigenvalue weighted by atomic mass is 79.9. The molecule has 0 spiro atoms. The summed E-state index contributed by atoms with van der Waals surface area (Å²) in [6, 6.07) is 3.36. The lowest BCUT2D eigenvalue weighted by Crippen LogP contribution is -2.30. The van der Waals surface area contributed by atoms with Crippen molar-refractivity contribution in [2.24, 2.45) is 11.8 Å². The van der Waals surface area contributed by atoms with E-state index in [1.807, 2.05) is 0 Å². The third-order valence-corrected chi connectivity index (χ3v) is 6.45. The van der Waals surface area contributed by atoms with Crippen LogP contribution in [0.15, 0.2) is 27.6 Å². The summed E-state index contributed by atoms with van der Waals surface area (Å²) in [6.07, 6.45) is 0. The van der Waals surface area contributed by atoms with Crippen molar-refractivity contribution in [2.75, 3.05) is 13.1 Å². The predicted octanol–water partition coefficient (Wildman–Crippen LogP) is 1.70. The summed E-state index contributed by atoms with van der Waals surface area (Å²) in [6.45, 7) is 1.67. The predicted molar refractivity (Wildman–Crippen MR) is 79.8 cm³/mol. The Bertz CT molecular complexity index is 735. The molecule has 0 aromatic heterocycles. The van der Waals surface area contributed by atoms with Gasteiger partial charge in [-0.05, 0) is 27.9 Å². The number of carboxylic acids is 1. The van der Waals surface area contributed by atoms with Crippen molar-refractivity contribution < 1.29 is 23.2 Å². The Labute approximate surface area is 135 Å². The van der Waals surface area contributed by atoms with E-state index in [0.29, 0.717) is 0 Å². The van der Waals surface area contributed by atoms with Gasteiger partial charge >= 0.3 is 5.97 Å². The number of carboxylic acid groups (broad SMARTS) is 1. The number of benzene rings is 1. The maximum Gasteiger partial charge on any atom is 0.308 e. The van der Waals surface area contributed by atoms with Crippen LogP contribution in [0.2, 0.25) is 0 Å². The number of rotatable bonds is 4. The molecule has 1 aliphatic heterocycles. The van der Waals surface area contributed by atoms with Gasteiger partial charge in [0.25, 0.3) is 5.69 Å². The van der Waals surface area contributed by atoms with Gasteiger partial charge in [-0.3, -0.25) is 14.9 Å². The van der Waals surface area contributed by atoms with Crippen LogP contribution >= 0.6 is 15.9 Å². The molecule has 0 aliphatic carbocycles. The lowest BCUT2D eigenvalue weighted by molar-refractivity contribution is -0.385. The van der Waals surface area contributed by atoms with Gasteiger partial charge in [-0.1, -0.05) is 6.92 Å². The van der Waals surface area contributed by atoms with Crippen molar-refractivity contribution in [3.8, 4) is 0 Å². The molecule has 0 bridgehead atoms. The highest BCUT2D eigenvalue weighted by Crippen LogP contribution is 2.33. The van der Waals surface area contributed by atoms with E-state index in [9.17, 15) is 23.3 Å². The van der Waals surface area contributed by atoms with E-state index in [4.69, 9.17) is 5.11 Å². The summed E-state index contributed by atoms with van der Waals surface area (Å²) in [4.78, 5) is 21.1. The number of carbonyl (C=O) groups is 1. The fraction of sp³-hybridized carbons (Fsp3) is 0.417. The Hall–Kier alpha value is -1.52. The number of hydrogen-bond donors (Lipinski definition) is 1. The Kier molecular flexibility index (Phi) is 4.54. The largest absolute Gasteiger partial charge is 0.481 e. The molecule has 2 atom stereocenters. The lowest BCUT2D eigenvalue weighted by Gasteiger charge is -2.17. The van der Waals surface area contributed by atoms with Gasteiger partial charge in [-0.2, -0.15) is 4.31 Å². The Balaban J connectivity index is 2.36. The van der Waals surface area contributed by atoms with Crippen LogP contribution in [-0.2, 0) is 14.8 Å². The first-order valence-electron chi connectivity index (χ1n) is 6.31. The van der Waals surface area contributed by atoms with Crippen molar-refractivity contribution in [1.29, 1.82) is 0 Å². The van der Waals surface area contributed by atoms with Crippen molar-refractivity contribution >= 4 is 37.6 Å². The number of halogens is 1. The zero-order valence-electron chi connectivity index (χ0n) is 11.5. The second-order valence-corrected chi connectivity index (χ2v) is 7.88. The molecular formula is C12H13BrN2O6S. The van der Waals surface area contributed by atoms with Crippen LogP contribution in [0.5, 0.6) is 0 Å². The van der Waals surface area contributed by atoms with Gasteiger partial charge in [0, 0.05) is 29.7 Å². The number of nitro groups is 1. The highest BCUT2D eigenvalue weighted by Gasteiger charge is 2.41. The van der Waals surface area contributed by atoms with E-state index in [-0.39, 0.29) is 34.1 Å². The Morgan fingerprint density at radius 3 is 2.55 bits per heavy atom. The minimum Gasteiger partial charge on any atom is -0.481 e. The molecule has 10 heteroatoms. The second-order valence-electron chi connectivity index (χ2n) is 5.12. The van der Waals surface area contributed by atoms with Gasteiger partial charge in [-0.25, -0.2) is 8.42 Å². The van der Waals surface area contributed by atoms with Crippen LogP contribution in [0.1, 0.15) is 6.92 Å². The summed E-state index contributed by atoms with van der Waals surface area (Å²) in [7, 11) is -3.91. The molecule has 1 heterocycles. The fourth-order valence-electron chi connectivity index (χ4n) is 2.39. The summed E-state index contributed by atoms with van der Waals surface area (Å²) in [5, 5.41) is 19.8. The molecule has 0 amide bonds. The first-order valence-corrected chi connectivity index (χ1v) is 8.54. The third-order valence-electron chi connectivity index (χ3n) is 3.64. The minimum absolute atomic E-state index is 0.0770. The van der Waals surface area contributed by atoms with E-state index in [1.54, 1.807) is 6.92 Å². The molecule has 1 aliphatic rings. The average Bonchev–Trinajstić information content (AvgIpc) is 2.81. The number of hydrogen-bond acceptors (Lipinski definition) is 5. The fourth-order valence-corrected chi connectivity index (χ4v) is 4.98. The van der Waals surface area contributed by atoms with Gasteiger partial charge in [-0.15, -0.1) is 0 Å². The normalized spacial score (nSPS) is 22.6. The first kappa shape index (κ1) is 16.8. The quantitative estimate of drug-likeness (QED) is 0.615. The molecule has 0 unspecified atom stereocenters. The van der Waals surface area contributed by atoms with Crippen molar-refractivity contribution in [2.45, 2.75) is 11.8 Å². The van der Waals surface area contributed by atoms with E-state index < -0.39 is 26.8 Å². The monoisotopic (exact) mass is 392 g/mol. The smallest absolute Gasteiger partial charge is 0.308 e. The number of nitrogens with zero attached hydrogens (tertiary/aromatic N) is 2. The second kappa shape index (κ2) is 5.94. The van der Waals surface area contributed by atoms with Crippen molar-refractivity contribution in [3.05, 3.63) is 32.8 Å². The van der Waals surface area contributed by atoms with Gasteiger partial charge in [0.1, 0.15) is 0 Å².